The van der Waals surface area contributed by atoms with E-state index in [1.54, 1.807) is 0 Å². The first-order valence-electron chi connectivity index (χ1n) is 7.17. The lowest BCUT2D eigenvalue weighted by molar-refractivity contribution is -0.395. The van der Waals surface area contributed by atoms with Crippen LogP contribution in [0.5, 0.6) is 0 Å². The molecule has 12 nitrogen and oxygen atoms in total. The van der Waals surface area contributed by atoms with Gasteiger partial charge in [0.15, 0.2) is 6.23 Å². The zero-order chi connectivity index (χ0) is 18.9. The van der Waals surface area contributed by atoms with Crippen LogP contribution in [0, 0.1) is 27.2 Å². The van der Waals surface area contributed by atoms with Crippen molar-refractivity contribution in [3.8, 4) is 0 Å². The minimum atomic E-state index is -1.65. The van der Waals surface area contributed by atoms with Crippen molar-refractivity contribution < 1.29 is 35.0 Å². The third-order valence-corrected chi connectivity index (χ3v) is 3.95. The number of nitrogens with one attached hydrogen (secondary N) is 1. The summed E-state index contributed by atoms with van der Waals surface area (Å²) in [7, 11) is 0. The Morgan fingerprint density at radius 2 is 1.60 bits per heavy atom. The van der Waals surface area contributed by atoms with Crippen LogP contribution in [0.25, 0.3) is 0 Å². The normalized spacial score (nSPS) is 29.2. The number of aliphatic hydroxyl groups is 4. The van der Waals surface area contributed by atoms with E-state index in [9.17, 15) is 35.5 Å². The Balaban J connectivity index is 2.36. The van der Waals surface area contributed by atoms with Crippen molar-refractivity contribution in [2.75, 3.05) is 11.9 Å². The van der Waals surface area contributed by atoms with E-state index in [0.717, 1.165) is 12.1 Å². The van der Waals surface area contributed by atoms with Crippen LogP contribution >= 0.6 is 0 Å². The first kappa shape index (κ1) is 19.0. The molecule has 1 fully saturated rings. The van der Waals surface area contributed by atoms with E-state index in [2.05, 4.69) is 5.32 Å². The number of nitro benzene ring substituents is 2. The Kier molecular flexibility index (Phi) is 5.49. The molecular weight excluding hydrogens is 342 g/mol. The van der Waals surface area contributed by atoms with E-state index in [1.807, 2.05) is 0 Å². The summed E-state index contributed by atoms with van der Waals surface area (Å²) in [6, 6.07) is 2.04. The number of anilines is 1. The van der Waals surface area contributed by atoms with Crippen molar-refractivity contribution in [3.63, 3.8) is 0 Å². The van der Waals surface area contributed by atoms with E-state index in [1.165, 1.54) is 6.92 Å². The highest BCUT2D eigenvalue weighted by Gasteiger charge is 2.43. The van der Waals surface area contributed by atoms with Crippen LogP contribution in [0.3, 0.4) is 0 Å². The molecule has 0 aliphatic carbocycles. The summed E-state index contributed by atoms with van der Waals surface area (Å²) < 4.78 is 5.20. The second-order valence-electron chi connectivity index (χ2n) is 5.55. The first-order valence-corrected chi connectivity index (χ1v) is 7.17. The molecule has 1 heterocycles. The highest BCUT2D eigenvalue weighted by Crippen LogP contribution is 2.33. The molecule has 0 saturated carbocycles. The number of ether oxygens (including phenoxy) is 1. The van der Waals surface area contributed by atoms with Gasteiger partial charge in [-0.15, -0.1) is 0 Å². The Bertz CT molecular complexity index is 646. The number of nitrogens with zero attached hydrogens (tertiary/aromatic N) is 2. The van der Waals surface area contributed by atoms with Gasteiger partial charge < -0.3 is 30.5 Å². The lowest BCUT2D eigenvalue weighted by Crippen LogP contribution is -2.60. The van der Waals surface area contributed by atoms with Gasteiger partial charge in [-0.3, -0.25) is 20.2 Å². The molecule has 12 heteroatoms. The SMILES string of the molecule is Cc1c([N+](=O)[O-])cc(NC2O[C@H](CO)[C@@H](O)[C@H](O)[C@H]2O)cc1[N+](=O)[O-]. The Labute approximate surface area is 140 Å². The molecule has 1 unspecified atom stereocenters. The van der Waals surface area contributed by atoms with Crippen LogP contribution in [-0.2, 0) is 4.74 Å². The number of nitro groups is 2. The van der Waals surface area contributed by atoms with Crippen molar-refractivity contribution in [1.82, 2.24) is 0 Å². The zero-order valence-corrected chi connectivity index (χ0v) is 13.0. The predicted molar refractivity (Wildman–Crippen MR) is 81.9 cm³/mol. The second kappa shape index (κ2) is 7.25. The number of rotatable bonds is 5. The average Bonchev–Trinajstić information content (AvgIpc) is 2.56. The van der Waals surface area contributed by atoms with Crippen molar-refractivity contribution in [3.05, 3.63) is 37.9 Å². The van der Waals surface area contributed by atoms with E-state index >= 15 is 0 Å². The van der Waals surface area contributed by atoms with Crippen molar-refractivity contribution in [2.45, 2.75) is 37.6 Å². The molecule has 1 aromatic carbocycles. The van der Waals surface area contributed by atoms with E-state index in [0.29, 0.717) is 0 Å². The molecule has 0 aromatic heterocycles. The molecule has 0 amide bonds. The lowest BCUT2D eigenvalue weighted by atomic mass is 9.98. The van der Waals surface area contributed by atoms with E-state index in [4.69, 9.17) is 9.84 Å². The standard InChI is InChI=1S/C13H17N3O9/c1-5-7(15(21)22)2-6(3-8(5)16(23)24)14-13-12(20)11(19)10(18)9(4-17)25-13/h2-3,9-14,17-20H,4H2,1H3/t9-,10-,11+,12-,13?/m1/s1. The molecule has 138 valence electrons. The number of hydrogen-bond acceptors (Lipinski definition) is 10. The van der Waals surface area contributed by atoms with Gasteiger partial charge in [0.1, 0.15) is 30.0 Å². The highest BCUT2D eigenvalue weighted by atomic mass is 16.6. The number of aliphatic hydroxyl groups excluding tert-OH is 4. The summed E-state index contributed by atoms with van der Waals surface area (Å²) in [4.78, 5) is 20.6. The van der Waals surface area contributed by atoms with Crippen LogP contribution in [0.1, 0.15) is 5.56 Å². The highest BCUT2D eigenvalue weighted by molar-refractivity contribution is 5.64. The smallest absolute Gasteiger partial charge is 0.281 e. The fraction of sp³-hybridized carbons (Fsp3) is 0.538. The minimum Gasteiger partial charge on any atom is -0.394 e. The summed E-state index contributed by atoms with van der Waals surface area (Å²) >= 11 is 0. The lowest BCUT2D eigenvalue weighted by Gasteiger charge is -2.40. The molecule has 0 radical (unpaired) electrons. The van der Waals surface area contributed by atoms with Gasteiger partial charge in [-0.05, 0) is 6.92 Å². The maximum Gasteiger partial charge on any atom is 0.281 e. The van der Waals surface area contributed by atoms with Crippen LogP contribution in [0.2, 0.25) is 0 Å². The fourth-order valence-corrected chi connectivity index (χ4v) is 2.53. The van der Waals surface area contributed by atoms with E-state index < -0.39 is 58.5 Å². The van der Waals surface area contributed by atoms with Crippen LogP contribution in [0.15, 0.2) is 12.1 Å². The molecule has 1 aliphatic heterocycles. The maximum atomic E-state index is 11.1. The molecule has 0 spiro atoms. The van der Waals surface area contributed by atoms with Crippen LogP contribution < -0.4 is 5.32 Å². The fourth-order valence-electron chi connectivity index (χ4n) is 2.53. The molecule has 0 bridgehead atoms. The van der Waals surface area contributed by atoms with Gasteiger partial charge >= 0.3 is 0 Å². The Morgan fingerprint density at radius 1 is 1.08 bits per heavy atom. The predicted octanol–water partition coefficient (Wildman–Crippen LogP) is -0.977. The number of hydrogen-bond donors (Lipinski definition) is 5. The van der Waals surface area contributed by atoms with Gasteiger partial charge in [0.25, 0.3) is 11.4 Å². The molecule has 5 N–H and O–H groups in total. The molecule has 1 saturated heterocycles. The van der Waals surface area contributed by atoms with Gasteiger partial charge in [0, 0.05) is 17.8 Å². The quantitative estimate of drug-likeness (QED) is 0.323. The maximum absolute atomic E-state index is 11.1. The second-order valence-corrected chi connectivity index (χ2v) is 5.55. The van der Waals surface area contributed by atoms with E-state index in [-0.39, 0.29) is 11.3 Å². The summed E-state index contributed by atoms with van der Waals surface area (Å²) in [5, 5.41) is 63.2. The van der Waals surface area contributed by atoms with Crippen LogP contribution in [-0.4, -0.2) is 67.5 Å². The van der Waals surface area contributed by atoms with Crippen molar-refractivity contribution in [1.29, 1.82) is 0 Å². The topological polar surface area (TPSA) is 188 Å². The molecule has 1 aromatic rings. The van der Waals surface area contributed by atoms with Crippen molar-refractivity contribution in [2.24, 2.45) is 0 Å². The third kappa shape index (κ3) is 3.67. The zero-order valence-electron chi connectivity index (χ0n) is 13.0. The largest absolute Gasteiger partial charge is 0.394 e. The summed E-state index contributed by atoms with van der Waals surface area (Å²) in [6.07, 6.45) is -7.42. The van der Waals surface area contributed by atoms with Gasteiger partial charge in [-0.25, -0.2) is 0 Å². The molecule has 5 atom stereocenters. The molecular formula is C13H17N3O9. The minimum absolute atomic E-state index is 0.103. The molecule has 1 aliphatic rings. The van der Waals surface area contributed by atoms with Crippen LogP contribution in [0.4, 0.5) is 17.1 Å². The Hall–Kier alpha value is -2.38. The summed E-state index contributed by atoms with van der Waals surface area (Å²) in [5.74, 6) is 0. The Morgan fingerprint density at radius 3 is 2.04 bits per heavy atom. The number of benzene rings is 1. The van der Waals surface area contributed by atoms with Crippen molar-refractivity contribution >= 4 is 17.1 Å². The summed E-state index contributed by atoms with van der Waals surface area (Å²) in [6.45, 7) is 0.575. The van der Waals surface area contributed by atoms with Gasteiger partial charge in [0.05, 0.1) is 16.5 Å². The molecule has 25 heavy (non-hydrogen) atoms. The van der Waals surface area contributed by atoms with Gasteiger partial charge in [-0.2, -0.15) is 0 Å². The van der Waals surface area contributed by atoms with Gasteiger partial charge in [-0.1, -0.05) is 0 Å². The summed E-state index contributed by atoms with van der Waals surface area (Å²) in [5.41, 5.74) is -1.27. The molecule has 2 rings (SSSR count). The third-order valence-electron chi connectivity index (χ3n) is 3.95. The average molecular weight is 359 g/mol. The monoisotopic (exact) mass is 359 g/mol. The van der Waals surface area contributed by atoms with Gasteiger partial charge in [0.2, 0.25) is 0 Å². The first-order chi connectivity index (χ1) is 11.7.